The molecule has 0 amide bonds. The Morgan fingerprint density at radius 2 is 1.71 bits per heavy atom. The largest absolute Gasteiger partial charge is 0.369 e. The Hall–Kier alpha value is -0.460. The SMILES string of the molecule is CCOC(C(F)C(F)F)C(F)(F)CF. The molecule has 0 fully saturated rings. The molecule has 0 radical (unpaired) electrons. The van der Waals surface area contributed by atoms with E-state index >= 15 is 0 Å². The van der Waals surface area contributed by atoms with Crippen molar-refractivity contribution in [3.05, 3.63) is 0 Å². The lowest BCUT2D eigenvalue weighted by Gasteiger charge is -2.26. The maximum atomic E-state index is 12.5. The van der Waals surface area contributed by atoms with Gasteiger partial charge in [-0.05, 0) is 6.92 Å². The molecule has 14 heavy (non-hydrogen) atoms. The lowest BCUT2D eigenvalue weighted by molar-refractivity contribution is -0.188. The first-order chi connectivity index (χ1) is 6.36. The van der Waals surface area contributed by atoms with Crippen molar-refractivity contribution in [2.24, 2.45) is 0 Å². The van der Waals surface area contributed by atoms with Gasteiger partial charge in [-0.1, -0.05) is 0 Å². The van der Waals surface area contributed by atoms with Crippen LogP contribution in [0.2, 0.25) is 0 Å². The zero-order chi connectivity index (χ0) is 11.4. The second-order valence-corrected chi connectivity index (χ2v) is 2.55. The number of alkyl halides is 6. The third kappa shape index (κ3) is 3.36. The van der Waals surface area contributed by atoms with Crippen LogP contribution in [0.5, 0.6) is 0 Å². The quantitative estimate of drug-likeness (QED) is 0.630. The molecule has 86 valence electrons. The Labute approximate surface area is 77.0 Å². The summed E-state index contributed by atoms with van der Waals surface area (Å²) in [6.07, 6.45) is -9.55. The lowest BCUT2D eigenvalue weighted by Crippen LogP contribution is -2.47. The van der Waals surface area contributed by atoms with Crippen molar-refractivity contribution in [1.82, 2.24) is 0 Å². The molecular formula is C7H10F6O. The van der Waals surface area contributed by atoms with E-state index in [1.54, 1.807) is 0 Å². The maximum Gasteiger partial charge on any atom is 0.304 e. The number of halogens is 6. The molecule has 0 N–H and O–H groups in total. The van der Waals surface area contributed by atoms with E-state index in [4.69, 9.17) is 0 Å². The van der Waals surface area contributed by atoms with Crippen molar-refractivity contribution in [3.63, 3.8) is 0 Å². The summed E-state index contributed by atoms with van der Waals surface area (Å²) in [7, 11) is 0. The van der Waals surface area contributed by atoms with Crippen LogP contribution >= 0.6 is 0 Å². The normalized spacial score (nSPS) is 17.1. The zero-order valence-corrected chi connectivity index (χ0v) is 7.32. The summed E-state index contributed by atoms with van der Waals surface area (Å²) in [4.78, 5) is 0. The van der Waals surface area contributed by atoms with Crippen LogP contribution in [0.25, 0.3) is 0 Å². The van der Waals surface area contributed by atoms with E-state index < -0.39 is 37.9 Å². The van der Waals surface area contributed by atoms with Crippen molar-refractivity contribution in [2.45, 2.75) is 31.5 Å². The van der Waals surface area contributed by atoms with Crippen molar-refractivity contribution < 1.29 is 31.1 Å². The molecule has 0 aromatic carbocycles. The van der Waals surface area contributed by atoms with E-state index in [2.05, 4.69) is 4.74 Å². The Morgan fingerprint density at radius 3 is 2.00 bits per heavy atom. The van der Waals surface area contributed by atoms with Gasteiger partial charge < -0.3 is 4.74 Å². The second-order valence-electron chi connectivity index (χ2n) is 2.55. The van der Waals surface area contributed by atoms with Crippen LogP contribution in [0.1, 0.15) is 6.92 Å². The van der Waals surface area contributed by atoms with Crippen LogP contribution in [-0.2, 0) is 4.74 Å². The molecule has 7 heteroatoms. The van der Waals surface area contributed by atoms with Gasteiger partial charge in [0, 0.05) is 6.61 Å². The molecule has 0 aromatic rings. The predicted octanol–water partition coefficient (Wildman–Crippen LogP) is 2.60. The first kappa shape index (κ1) is 13.5. The summed E-state index contributed by atoms with van der Waals surface area (Å²) in [6, 6.07) is 0. The van der Waals surface area contributed by atoms with Gasteiger partial charge >= 0.3 is 5.92 Å². The molecule has 0 saturated heterocycles. The minimum atomic E-state index is -4.23. The topological polar surface area (TPSA) is 9.23 Å². The highest BCUT2D eigenvalue weighted by Crippen LogP contribution is 2.28. The third-order valence-electron chi connectivity index (χ3n) is 1.47. The average molecular weight is 224 g/mol. The number of ether oxygens (including phenoxy) is 1. The Morgan fingerprint density at radius 1 is 1.21 bits per heavy atom. The van der Waals surface area contributed by atoms with E-state index in [0.717, 1.165) is 0 Å². The first-order valence-corrected chi connectivity index (χ1v) is 3.84. The van der Waals surface area contributed by atoms with E-state index in [9.17, 15) is 26.3 Å². The van der Waals surface area contributed by atoms with Crippen LogP contribution in [0.3, 0.4) is 0 Å². The molecule has 2 atom stereocenters. The molecular weight excluding hydrogens is 214 g/mol. The molecule has 0 rings (SSSR count). The van der Waals surface area contributed by atoms with E-state index in [1.165, 1.54) is 6.92 Å². The van der Waals surface area contributed by atoms with Gasteiger partial charge in [0.2, 0.25) is 0 Å². The second kappa shape index (κ2) is 5.43. The fourth-order valence-corrected chi connectivity index (χ4v) is 0.835. The Kier molecular flexibility index (Phi) is 5.25. The van der Waals surface area contributed by atoms with Crippen LogP contribution < -0.4 is 0 Å². The minimum Gasteiger partial charge on any atom is -0.369 e. The minimum absolute atomic E-state index is 0.395. The van der Waals surface area contributed by atoms with Crippen LogP contribution in [-0.4, -0.2) is 37.9 Å². The molecule has 1 nitrogen and oxygen atoms in total. The molecule has 0 aliphatic carbocycles. The number of hydrogen-bond acceptors (Lipinski definition) is 1. The van der Waals surface area contributed by atoms with Gasteiger partial charge in [0.15, 0.2) is 19.0 Å². The predicted molar refractivity (Wildman–Crippen MR) is 37.2 cm³/mol. The molecule has 0 aromatic heterocycles. The third-order valence-corrected chi connectivity index (χ3v) is 1.47. The van der Waals surface area contributed by atoms with Gasteiger partial charge in [-0.25, -0.2) is 26.3 Å². The van der Waals surface area contributed by atoms with E-state index in [0.29, 0.717) is 0 Å². The van der Waals surface area contributed by atoms with E-state index in [-0.39, 0.29) is 0 Å². The smallest absolute Gasteiger partial charge is 0.304 e. The van der Waals surface area contributed by atoms with Crippen molar-refractivity contribution in [2.75, 3.05) is 13.3 Å². The summed E-state index contributed by atoms with van der Waals surface area (Å²) in [5, 5.41) is 0. The fourth-order valence-electron chi connectivity index (χ4n) is 0.835. The van der Waals surface area contributed by atoms with Gasteiger partial charge in [0.1, 0.15) is 0 Å². The molecule has 0 bridgehead atoms. The summed E-state index contributed by atoms with van der Waals surface area (Å²) in [5.41, 5.74) is 0. The summed E-state index contributed by atoms with van der Waals surface area (Å²) < 4.78 is 76.9. The van der Waals surface area contributed by atoms with Crippen LogP contribution in [0.15, 0.2) is 0 Å². The Bertz CT molecular complexity index is 162. The van der Waals surface area contributed by atoms with Gasteiger partial charge in [0.25, 0.3) is 6.43 Å². The monoisotopic (exact) mass is 224 g/mol. The van der Waals surface area contributed by atoms with E-state index in [1.807, 2.05) is 0 Å². The summed E-state index contributed by atoms with van der Waals surface area (Å²) in [6.45, 7) is -1.41. The zero-order valence-electron chi connectivity index (χ0n) is 7.32. The standard InChI is InChI=1S/C7H10F6O/c1-2-14-5(4(9)6(10)11)7(12,13)3-8/h4-6H,2-3H2,1H3. The highest BCUT2D eigenvalue weighted by molar-refractivity contribution is 4.85. The fraction of sp³-hybridized carbons (Fsp3) is 1.00. The highest BCUT2D eigenvalue weighted by atomic mass is 19.3. The number of rotatable bonds is 6. The molecule has 0 heterocycles. The van der Waals surface area contributed by atoms with Gasteiger partial charge in [-0.3, -0.25) is 0 Å². The molecule has 0 saturated carbocycles. The van der Waals surface area contributed by atoms with Gasteiger partial charge in [-0.2, -0.15) is 0 Å². The summed E-state index contributed by atoms with van der Waals surface area (Å²) >= 11 is 0. The van der Waals surface area contributed by atoms with Gasteiger partial charge in [-0.15, -0.1) is 0 Å². The van der Waals surface area contributed by atoms with Gasteiger partial charge in [0.05, 0.1) is 0 Å². The molecule has 2 unspecified atom stereocenters. The molecule has 0 aliphatic heterocycles. The highest BCUT2D eigenvalue weighted by Gasteiger charge is 2.49. The van der Waals surface area contributed by atoms with Crippen LogP contribution in [0.4, 0.5) is 26.3 Å². The van der Waals surface area contributed by atoms with Crippen molar-refractivity contribution in [1.29, 1.82) is 0 Å². The Balaban J connectivity index is 4.57. The summed E-state index contributed by atoms with van der Waals surface area (Å²) in [5.74, 6) is -4.23. The van der Waals surface area contributed by atoms with Crippen LogP contribution in [0, 0.1) is 0 Å². The first-order valence-electron chi connectivity index (χ1n) is 3.84. The maximum absolute atomic E-state index is 12.5. The van der Waals surface area contributed by atoms with Crippen molar-refractivity contribution >= 4 is 0 Å². The van der Waals surface area contributed by atoms with Crippen molar-refractivity contribution in [3.8, 4) is 0 Å². The molecule has 0 aliphatic rings. The number of hydrogen-bond donors (Lipinski definition) is 0. The average Bonchev–Trinajstić information content (AvgIpc) is 2.12. The molecule has 0 spiro atoms. The lowest BCUT2D eigenvalue weighted by atomic mass is 10.1.